The summed E-state index contributed by atoms with van der Waals surface area (Å²) >= 11 is 0. The zero-order valence-corrected chi connectivity index (χ0v) is 15.9. The third-order valence-corrected chi connectivity index (χ3v) is 4.00. The van der Waals surface area contributed by atoms with Crippen LogP contribution in [0.4, 0.5) is 0 Å². The van der Waals surface area contributed by atoms with Gasteiger partial charge in [0.2, 0.25) is 0 Å². The van der Waals surface area contributed by atoms with Crippen molar-refractivity contribution in [2.45, 2.75) is 33.3 Å². The van der Waals surface area contributed by atoms with Gasteiger partial charge in [0.15, 0.2) is 6.10 Å². The highest BCUT2D eigenvalue weighted by Gasteiger charge is 2.18. The molecule has 26 heavy (non-hydrogen) atoms. The molecule has 1 unspecified atom stereocenters. The Morgan fingerprint density at radius 2 is 1.77 bits per heavy atom. The Kier molecular flexibility index (Phi) is 7.33. The Morgan fingerprint density at radius 3 is 2.42 bits per heavy atom. The number of hydrogen-bond acceptors (Lipinski definition) is 4. The summed E-state index contributed by atoms with van der Waals surface area (Å²) in [5.74, 6) is 2.09. The highest BCUT2D eigenvalue weighted by molar-refractivity contribution is 5.81. The first-order valence-electron chi connectivity index (χ1n) is 8.82. The molecule has 5 heteroatoms. The van der Waals surface area contributed by atoms with Crippen molar-refractivity contribution in [2.75, 3.05) is 20.3 Å². The van der Waals surface area contributed by atoms with Crippen LogP contribution in [0.5, 0.6) is 17.2 Å². The summed E-state index contributed by atoms with van der Waals surface area (Å²) in [5, 5.41) is 2.87. The van der Waals surface area contributed by atoms with Gasteiger partial charge in [-0.05, 0) is 61.7 Å². The molecule has 0 radical (unpaired) electrons. The Morgan fingerprint density at radius 1 is 1.08 bits per heavy atom. The van der Waals surface area contributed by atoms with Gasteiger partial charge in [0.1, 0.15) is 23.9 Å². The van der Waals surface area contributed by atoms with Crippen LogP contribution in [0.2, 0.25) is 0 Å². The molecule has 2 rings (SSSR count). The highest BCUT2D eigenvalue weighted by Crippen LogP contribution is 2.20. The van der Waals surface area contributed by atoms with Crippen molar-refractivity contribution in [3.8, 4) is 17.2 Å². The molecule has 1 atom stereocenters. The molecule has 1 N–H and O–H groups in total. The van der Waals surface area contributed by atoms with Crippen molar-refractivity contribution < 1.29 is 19.0 Å². The van der Waals surface area contributed by atoms with E-state index >= 15 is 0 Å². The first-order valence-corrected chi connectivity index (χ1v) is 8.82. The molecule has 0 fully saturated rings. The van der Waals surface area contributed by atoms with E-state index in [1.54, 1.807) is 31.4 Å². The maximum Gasteiger partial charge on any atom is 0.261 e. The van der Waals surface area contributed by atoms with Crippen molar-refractivity contribution in [2.24, 2.45) is 0 Å². The molecule has 0 saturated carbocycles. The fourth-order valence-corrected chi connectivity index (χ4v) is 2.45. The van der Waals surface area contributed by atoms with E-state index in [1.807, 2.05) is 39.0 Å². The number of ether oxygens (including phenoxy) is 3. The Labute approximate surface area is 155 Å². The zero-order valence-electron chi connectivity index (χ0n) is 15.9. The van der Waals surface area contributed by atoms with Gasteiger partial charge in [0.05, 0.1) is 13.7 Å². The monoisotopic (exact) mass is 357 g/mol. The second-order valence-electron chi connectivity index (χ2n) is 6.10. The molecule has 2 aromatic carbocycles. The Balaban J connectivity index is 1.80. The second kappa shape index (κ2) is 9.70. The molecule has 140 valence electrons. The van der Waals surface area contributed by atoms with Crippen molar-refractivity contribution >= 4 is 5.91 Å². The lowest BCUT2D eigenvalue weighted by Gasteiger charge is -2.18. The van der Waals surface area contributed by atoms with Gasteiger partial charge in [-0.25, -0.2) is 0 Å². The maximum atomic E-state index is 12.3. The molecule has 0 spiro atoms. The largest absolute Gasteiger partial charge is 0.497 e. The number of carbonyl (C=O) groups is 1. The van der Waals surface area contributed by atoms with E-state index in [0.29, 0.717) is 25.3 Å². The van der Waals surface area contributed by atoms with Gasteiger partial charge in [-0.15, -0.1) is 0 Å². The Hall–Kier alpha value is -2.69. The Bertz CT molecular complexity index is 712. The maximum absolute atomic E-state index is 12.3. The second-order valence-corrected chi connectivity index (χ2v) is 6.10. The number of nitrogens with one attached hydrogen (secondary N) is 1. The quantitative estimate of drug-likeness (QED) is 0.696. The van der Waals surface area contributed by atoms with Crippen LogP contribution < -0.4 is 19.5 Å². The molecule has 5 nitrogen and oxygen atoms in total. The highest BCUT2D eigenvalue weighted by atomic mass is 16.5. The lowest BCUT2D eigenvalue weighted by molar-refractivity contribution is -0.128. The molecule has 0 aliphatic heterocycles. The number of benzene rings is 2. The van der Waals surface area contributed by atoms with Crippen LogP contribution >= 0.6 is 0 Å². The van der Waals surface area contributed by atoms with Crippen LogP contribution in [0.25, 0.3) is 0 Å². The number of aryl methyl sites for hydroxylation is 2. The minimum Gasteiger partial charge on any atom is -0.497 e. The van der Waals surface area contributed by atoms with Crippen LogP contribution in [0, 0.1) is 13.8 Å². The van der Waals surface area contributed by atoms with Gasteiger partial charge in [-0.1, -0.05) is 19.1 Å². The number of amides is 1. The molecule has 1 amide bonds. The molecular formula is C21H27NO4. The van der Waals surface area contributed by atoms with Crippen molar-refractivity contribution in [3.05, 3.63) is 53.6 Å². The van der Waals surface area contributed by atoms with Gasteiger partial charge in [0, 0.05) is 0 Å². The van der Waals surface area contributed by atoms with Gasteiger partial charge >= 0.3 is 0 Å². The van der Waals surface area contributed by atoms with Crippen LogP contribution in [0.1, 0.15) is 24.5 Å². The summed E-state index contributed by atoms with van der Waals surface area (Å²) in [4.78, 5) is 12.3. The molecular weight excluding hydrogens is 330 g/mol. The average molecular weight is 357 g/mol. The molecule has 0 aliphatic rings. The van der Waals surface area contributed by atoms with E-state index < -0.39 is 6.10 Å². The molecule has 0 aromatic heterocycles. The summed E-state index contributed by atoms with van der Waals surface area (Å²) in [6, 6.07) is 13.3. The van der Waals surface area contributed by atoms with E-state index in [0.717, 1.165) is 22.6 Å². The molecule has 0 bridgehead atoms. The van der Waals surface area contributed by atoms with E-state index in [1.165, 1.54) is 0 Å². The molecule has 2 aromatic rings. The van der Waals surface area contributed by atoms with Crippen LogP contribution in [0.15, 0.2) is 42.5 Å². The van der Waals surface area contributed by atoms with Crippen molar-refractivity contribution in [3.63, 3.8) is 0 Å². The third kappa shape index (κ3) is 5.69. The lowest BCUT2D eigenvalue weighted by atomic mass is 10.1. The topological polar surface area (TPSA) is 56.8 Å². The minimum atomic E-state index is -0.538. The number of hydrogen-bond donors (Lipinski definition) is 1. The zero-order chi connectivity index (χ0) is 18.9. The fraction of sp³-hybridized carbons (Fsp3) is 0.381. The van der Waals surface area contributed by atoms with E-state index in [4.69, 9.17) is 14.2 Å². The van der Waals surface area contributed by atoms with Gasteiger partial charge in [0.25, 0.3) is 5.91 Å². The standard InChI is InChI=1S/C21H27NO4/c1-5-19(26-18-10-8-17(24-4)9-11-18)21(23)22-12-13-25-20-14-15(2)6-7-16(20)3/h6-11,14,19H,5,12-13H2,1-4H3,(H,22,23). The van der Waals surface area contributed by atoms with Gasteiger partial charge < -0.3 is 19.5 Å². The SMILES string of the molecule is CCC(Oc1ccc(OC)cc1)C(=O)NCCOc1cc(C)ccc1C. The predicted octanol–water partition coefficient (Wildman–Crippen LogP) is 3.66. The van der Waals surface area contributed by atoms with Crippen molar-refractivity contribution in [1.82, 2.24) is 5.32 Å². The van der Waals surface area contributed by atoms with Crippen LogP contribution in [-0.4, -0.2) is 32.3 Å². The number of methoxy groups -OCH3 is 1. The third-order valence-electron chi connectivity index (χ3n) is 4.00. The van der Waals surface area contributed by atoms with Gasteiger partial charge in [-0.2, -0.15) is 0 Å². The fourth-order valence-electron chi connectivity index (χ4n) is 2.45. The first kappa shape index (κ1) is 19.6. The van der Waals surface area contributed by atoms with Crippen molar-refractivity contribution in [1.29, 1.82) is 0 Å². The molecule has 0 aliphatic carbocycles. The lowest BCUT2D eigenvalue weighted by Crippen LogP contribution is -2.39. The first-order chi connectivity index (χ1) is 12.5. The molecule has 0 heterocycles. The number of rotatable bonds is 9. The van der Waals surface area contributed by atoms with Crippen LogP contribution in [-0.2, 0) is 4.79 Å². The summed E-state index contributed by atoms with van der Waals surface area (Å²) in [6.07, 6.45) is 0.0412. The van der Waals surface area contributed by atoms with Crippen LogP contribution in [0.3, 0.4) is 0 Å². The van der Waals surface area contributed by atoms with Gasteiger partial charge in [-0.3, -0.25) is 4.79 Å². The average Bonchev–Trinajstić information content (AvgIpc) is 2.66. The van der Waals surface area contributed by atoms with E-state index in [-0.39, 0.29) is 5.91 Å². The smallest absolute Gasteiger partial charge is 0.261 e. The normalized spacial score (nSPS) is 11.5. The van der Waals surface area contributed by atoms with E-state index in [2.05, 4.69) is 5.32 Å². The molecule has 0 saturated heterocycles. The summed E-state index contributed by atoms with van der Waals surface area (Å²) in [6.45, 7) is 6.78. The minimum absolute atomic E-state index is 0.145. The number of carbonyl (C=O) groups excluding carboxylic acids is 1. The predicted molar refractivity (Wildman–Crippen MR) is 102 cm³/mol. The summed E-state index contributed by atoms with van der Waals surface area (Å²) < 4.78 is 16.6. The van der Waals surface area contributed by atoms with E-state index in [9.17, 15) is 4.79 Å². The summed E-state index contributed by atoms with van der Waals surface area (Å²) in [7, 11) is 1.61. The summed E-state index contributed by atoms with van der Waals surface area (Å²) in [5.41, 5.74) is 2.23.